The number of esters is 1. The largest absolute Gasteiger partial charge is 0.497 e. The van der Waals surface area contributed by atoms with E-state index in [0.717, 1.165) is 32.1 Å². The Hall–Kier alpha value is -3.60. The van der Waals surface area contributed by atoms with Crippen molar-refractivity contribution >= 4 is 40.6 Å². The fourth-order valence-corrected chi connectivity index (χ4v) is 5.49. The molecule has 1 aliphatic carbocycles. The van der Waals surface area contributed by atoms with E-state index in [2.05, 4.69) is 21.9 Å². The summed E-state index contributed by atoms with van der Waals surface area (Å²) in [6.45, 7) is 9.31. The highest BCUT2D eigenvalue weighted by Gasteiger charge is 2.47. The van der Waals surface area contributed by atoms with Gasteiger partial charge in [-0.05, 0) is 49.1 Å². The van der Waals surface area contributed by atoms with Gasteiger partial charge >= 0.3 is 12.1 Å². The smallest absolute Gasteiger partial charge is 0.408 e. The zero-order valence-electron chi connectivity index (χ0n) is 25.4. The number of alkyl carbamates (subject to hydrolysis) is 1. The van der Waals surface area contributed by atoms with E-state index in [1.165, 1.54) is 12.0 Å². The van der Waals surface area contributed by atoms with Crippen molar-refractivity contribution < 1.29 is 33.3 Å². The Morgan fingerprint density at radius 3 is 2.60 bits per heavy atom. The number of unbranched alkanes of at least 4 members (excludes halogenated alkanes) is 2. The maximum absolute atomic E-state index is 14.0. The summed E-state index contributed by atoms with van der Waals surface area (Å²) in [5, 5.41) is 2.82. The number of benzene rings is 1. The Balaban J connectivity index is 1.45. The number of hydrogen-bond donors (Lipinski definition) is 1. The van der Waals surface area contributed by atoms with Crippen LogP contribution in [0.3, 0.4) is 0 Å². The van der Waals surface area contributed by atoms with Crippen LogP contribution in [-0.2, 0) is 19.1 Å². The molecule has 1 aliphatic heterocycles. The molecule has 43 heavy (non-hydrogen) atoms. The molecule has 12 heteroatoms. The van der Waals surface area contributed by atoms with Crippen molar-refractivity contribution in [1.82, 2.24) is 20.2 Å². The minimum Gasteiger partial charge on any atom is -0.497 e. The molecule has 1 aromatic heterocycles. The number of hydrogen-bond acceptors (Lipinski definition) is 9. The summed E-state index contributed by atoms with van der Waals surface area (Å²) in [6.07, 6.45) is 5.51. The average molecular weight is 617 g/mol. The van der Waals surface area contributed by atoms with E-state index in [0.29, 0.717) is 22.7 Å². The first kappa shape index (κ1) is 32.3. The van der Waals surface area contributed by atoms with E-state index in [-0.39, 0.29) is 30.1 Å². The number of ether oxygens (including phenoxy) is 4. The molecule has 0 bridgehead atoms. The van der Waals surface area contributed by atoms with Crippen LogP contribution in [0.25, 0.3) is 11.0 Å². The average Bonchev–Trinajstić information content (AvgIpc) is 3.56. The number of allylic oxidation sites excluding steroid dienone is 1. The highest BCUT2D eigenvalue weighted by molar-refractivity contribution is 6.31. The quantitative estimate of drug-likeness (QED) is 0.197. The number of carbonyl (C=O) groups is 3. The summed E-state index contributed by atoms with van der Waals surface area (Å²) in [5.74, 6) is -0.0254. The van der Waals surface area contributed by atoms with Gasteiger partial charge in [-0.2, -0.15) is 0 Å². The molecule has 1 aromatic carbocycles. The first-order valence-electron chi connectivity index (χ1n) is 14.6. The molecule has 2 heterocycles. The molecule has 4 rings (SSSR count). The van der Waals surface area contributed by atoms with E-state index in [1.54, 1.807) is 25.3 Å². The van der Waals surface area contributed by atoms with E-state index in [1.807, 2.05) is 26.8 Å². The van der Waals surface area contributed by atoms with Gasteiger partial charge in [0, 0.05) is 12.5 Å². The van der Waals surface area contributed by atoms with Crippen LogP contribution in [0.15, 0.2) is 30.9 Å². The number of carbonyl (C=O) groups excluding carboxylic acids is 3. The van der Waals surface area contributed by atoms with Crippen LogP contribution in [0.1, 0.15) is 59.3 Å². The molecule has 1 saturated carbocycles. The maximum Gasteiger partial charge on any atom is 0.408 e. The van der Waals surface area contributed by atoms with Gasteiger partial charge in [0.05, 0.1) is 31.8 Å². The first-order valence-corrected chi connectivity index (χ1v) is 15.0. The highest BCUT2D eigenvalue weighted by atomic mass is 35.5. The summed E-state index contributed by atoms with van der Waals surface area (Å²) in [6, 6.07) is 3.30. The van der Waals surface area contributed by atoms with E-state index in [4.69, 9.17) is 30.5 Å². The van der Waals surface area contributed by atoms with Gasteiger partial charge in [0.2, 0.25) is 5.91 Å². The molecule has 2 aromatic rings. The molecule has 1 unspecified atom stereocenters. The standard InChI is InChI=1S/C31H41ClN4O7/c1-7-8-9-10-11-18-14-24(18)43-30(39)35-25(31(2,3)4)28(37)36-17-20(16-23(36)29(38)41-6)42-27-26(32)33-21-13-12-19(40-5)15-22(21)34-27/h7,12-13,15,18,20,23-25H,1,8-11,14,16-17H2,2-6H3,(H,35,39)/t18-,20-,23+,24-,25?/m1/s1. The van der Waals surface area contributed by atoms with Crippen LogP contribution in [0.4, 0.5) is 4.79 Å². The molecule has 1 N–H and O–H groups in total. The molecule has 0 spiro atoms. The molecule has 2 aliphatic rings. The van der Waals surface area contributed by atoms with Crippen LogP contribution in [-0.4, -0.2) is 77.9 Å². The summed E-state index contributed by atoms with van der Waals surface area (Å²) in [5.41, 5.74) is 0.389. The Kier molecular flexibility index (Phi) is 10.4. The Labute approximate surface area is 257 Å². The van der Waals surface area contributed by atoms with E-state index >= 15 is 0 Å². The van der Waals surface area contributed by atoms with Gasteiger partial charge in [0.1, 0.15) is 30.0 Å². The maximum atomic E-state index is 14.0. The molecule has 2 fully saturated rings. The fourth-order valence-electron chi connectivity index (χ4n) is 5.31. The van der Waals surface area contributed by atoms with Crippen LogP contribution >= 0.6 is 11.6 Å². The predicted molar refractivity (Wildman–Crippen MR) is 161 cm³/mol. The van der Waals surface area contributed by atoms with Crippen molar-refractivity contribution in [2.24, 2.45) is 11.3 Å². The minimum atomic E-state index is -0.966. The summed E-state index contributed by atoms with van der Waals surface area (Å²) >= 11 is 6.38. The van der Waals surface area contributed by atoms with Crippen molar-refractivity contribution in [3.8, 4) is 11.6 Å². The van der Waals surface area contributed by atoms with Crippen molar-refractivity contribution in [1.29, 1.82) is 0 Å². The van der Waals surface area contributed by atoms with Gasteiger partial charge in [-0.15, -0.1) is 6.58 Å². The second-order valence-electron chi connectivity index (χ2n) is 12.1. The zero-order chi connectivity index (χ0) is 31.3. The van der Waals surface area contributed by atoms with Gasteiger partial charge in [-0.3, -0.25) is 4.79 Å². The van der Waals surface area contributed by atoms with Gasteiger partial charge in [-0.25, -0.2) is 19.6 Å². The molecular weight excluding hydrogens is 576 g/mol. The zero-order valence-corrected chi connectivity index (χ0v) is 26.2. The summed E-state index contributed by atoms with van der Waals surface area (Å²) in [4.78, 5) is 49.9. The molecule has 1 saturated heterocycles. The molecule has 0 radical (unpaired) electrons. The number of amides is 2. The number of rotatable bonds is 12. The summed E-state index contributed by atoms with van der Waals surface area (Å²) < 4.78 is 22.0. The lowest BCUT2D eigenvalue weighted by atomic mass is 9.85. The number of likely N-dealkylation sites (tertiary alicyclic amines) is 1. The molecule has 2 amide bonds. The van der Waals surface area contributed by atoms with Crippen LogP contribution in [0.5, 0.6) is 11.6 Å². The highest BCUT2D eigenvalue weighted by Crippen LogP contribution is 2.38. The normalized spacial score (nSPS) is 22.0. The third-order valence-corrected chi connectivity index (χ3v) is 8.07. The van der Waals surface area contributed by atoms with Crippen LogP contribution in [0.2, 0.25) is 5.15 Å². The Morgan fingerprint density at radius 1 is 1.16 bits per heavy atom. The van der Waals surface area contributed by atoms with Crippen molar-refractivity contribution in [3.05, 3.63) is 36.0 Å². The third kappa shape index (κ3) is 8.07. The molecule has 234 valence electrons. The van der Waals surface area contributed by atoms with E-state index in [9.17, 15) is 14.4 Å². The number of nitrogens with one attached hydrogen (secondary N) is 1. The Morgan fingerprint density at radius 2 is 1.93 bits per heavy atom. The monoisotopic (exact) mass is 616 g/mol. The third-order valence-electron chi connectivity index (χ3n) is 7.82. The topological polar surface area (TPSA) is 129 Å². The van der Waals surface area contributed by atoms with Gasteiger partial charge in [0.25, 0.3) is 5.88 Å². The molecule has 11 nitrogen and oxygen atoms in total. The number of methoxy groups -OCH3 is 2. The first-order chi connectivity index (χ1) is 20.4. The predicted octanol–water partition coefficient (Wildman–Crippen LogP) is 5.09. The fraction of sp³-hybridized carbons (Fsp3) is 0.581. The number of nitrogens with zero attached hydrogens (tertiary/aromatic N) is 3. The minimum absolute atomic E-state index is 0.0471. The lowest BCUT2D eigenvalue weighted by Gasteiger charge is -2.34. The second-order valence-corrected chi connectivity index (χ2v) is 12.5. The molecule has 5 atom stereocenters. The van der Waals surface area contributed by atoms with Gasteiger partial charge in [0.15, 0.2) is 5.15 Å². The van der Waals surface area contributed by atoms with E-state index < -0.39 is 41.6 Å². The van der Waals surface area contributed by atoms with Crippen molar-refractivity contribution in [2.75, 3.05) is 20.8 Å². The number of aromatic nitrogens is 2. The van der Waals surface area contributed by atoms with Gasteiger partial charge < -0.3 is 29.2 Å². The lowest BCUT2D eigenvalue weighted by molar-refractivity contribution is -0.152. The Bertz CT molecular complexity index is 1350. The number of halogens is 1. The molecular formula is C31H41ClN4O7. The summed E-state index contributed by atoms with van der Waals surface area (Å²) in [7, 11) is 2.81. The van der Waals surface area contributed by atoms with Crippen LogP contribution < -0.4 is 14.8 Å². The van der Waals surface area contributed by atoms with Crippen LogP contribution in [0, 0.1) is 11.3 Å². The SMILES string of the molecule is C=CCCCC[C@@H]1C[C@H]1OC(=O)NC(C(=O)N1C[C@H](Oc2nc3cc(OC)ccc3nc2Cl)C[C@H]1C(=O)OC)C(C)(C)C. The van der Waals surface area contributed by atoms with Crippen molar-refractivity contribution in [2.45, 2.75) is 83.6 Å². The second kappa shape index (κ2) is 13.8. The lowest BCUT2D eigenvalue weighted by Crippen LogP contribution is -2.57. The van der Waals surface area contributed by atoms with Gasteiger partial charge in [-0.1, -0.05) is 44.9 Å². The number of fused-ring (bicyclic) bond motifs is 1. The van der Waals surface area contributed by atoms with Crippen molar-refractivity contribution in [3.63, 3.8) is 0 Å².